The lowest BCUT2D eigenvalue weighted by atomic mass is 10.00. The summed E-state index contributed by atoms with van der Waals surface area (Å²) in [6, 6.07) is 8.34. The van der Waals surface area contributed by atoms with Crippen molar-refractivity contribution in [2.24, 2.45) is 5.73 Å². The molecule has 1 amide bonds. The molecule has 0 saturated carbocycles. The first-order chi connectivity index (χ1) is 10.2. The summed E-state index contributed by atoms with van der Waals surface area (Å²) in [5, 5.41) is 12.8. The third-order valence-corrected chi connectivity index (χ3v) is 4.70. The number of para-hydroxylation sites is 1. The highest BCUT2D eigenvalue weighted by Gasteiger charge is 2.40. The van der Waals surface area contributed by atoms with Gasteiger partial charge in [0.1, 0.15) is 0 Å². The third-order valence-electron chi connectivity index (χ3n) is 4.70. The van der Waals surface area contributed by atoms with Crippen LogP contribution < -0.4 is 11.1 Å². The fraction of sp³-hybridized carbons (Fsp3) is 0.562. The second-order valence-electron chi connectivity index (χ2n) is 6.09. The van der Waals surface area contributed by atoms with E-state index in [1.807, 2.05) is 24.3 Å². The van der Waals surface area contributed by atoms with Crippen LogP contribution in [0.2, 0.25) is 0 Å². The molecule has 2 atom stereocenters. The number of aliphatic hydroxyl groups is 1. The molecule has 0 spiro atoms. The number of aliphatic hydroxyl groups excluding tert-OH is 1. The minimum absolute atomic E-state index is 0.00388. The van der Waals surface area contributed by atoms with Gasteiger partial charge in [0.2, 0.25) is 5.91 Å². The largest absolute Gasteiger partial charge is 0.393 e. The number of anilines is 1. The van der Waals surface area contributed by atoms with E-state index in [0.29, 0.717) is 25.2 Å². The van der Waals surface area contributed by atoms with E-state index in [0.717, 1.165) is 36.9 Å². The fourth-order valence-corrected chi connectivity index (χ4v) is 3.68. The molecule has 2 bridgehead atoms. The van der Waals surface area contributed by atoms with Crippen molar-refractivity contribution >= 4 is 11.6 Å². The van der Waals surface area contributed by atoms with Crippen LogP contribution in [0, 0.1) is 0 Å². The van der Waals surface area contributed by atoms with Gasteiger partial charge in [0.05, 0.1) is 12.6 Å². The lowest BCUT2D eigenvalue weighted by Gasteiger charge is -2.36. The number of rotatable bonds is 4. The van der Waals surface area contributed by atoms with Gasteiger partial charge in [-0.05, 0) is 37.3 Å². The molecule has 5 heteroatoms. The Morgan fingerprint density at radius 1 is 1.29 bits per heavy atom. The fourth-order valence-electron chi connectivity index (χ4n) is 3.68. The van der Waals surface area contributed by atoms with Crippen molar-refractivity contribution < 1.29 is 9.90 Å². The number of carbonyl (C=O) groups excluding carboxylic acids is 1. The number of nitrogens with one attached hydrogen (secondary N) is 1. The molecule has 4 N–H and O–H groups in total. The number of hydrogen-bond donors (Lipinski definition) is 3. The average Bonchev–Trinajstić information content (AvgIpc) is 2.71. The maximum atomic E-state index is 12.3. The van der Waals surface area contributed by atoms with Crippen LogP contribution in [0.4, 0.5) is 5.69 Å². The van der Waals surface area contributed by atoms with Gasteiger partial charge < -0.3 is 16.2 Å². The van der Waals surface area contributed by atoms with Crippen LogP contribution >= 0.6 is 0 Å². The quantitative estimate of drug-likeness (QED) is 0.775. The molecule has 1 aromatic rings. The highest BCUT2D eigenvalue weighted by molar-refractivity contribution is 5.93. The summed E-state index contributed by atoms with van der Waals surface area (Å²) in [4.78, 5) is 14.6. The molecule has 21 heavy (non-hydrogen) atoms. The minimum atomic E-state index is -0.195. The lowest BCUT2D eigenvalue weighted by Crippen LogP contribution is -2.47. The Kier molecular flexibility index (Phi) is 4.24. The number of hydrogen-bond acceptors (Lipinski definition) is 4. The number of amides is 1. The molecular weight excluding hydrogens is 266 g/mol. The average molecular weight is 289 g/mol. The first-order valence-corrected chi connectivity index (χ1v) is 7.69. The van der Waals surface area contributed by atoms with Crippen LogP contribution in [0.3, 0.4) is 0 Å². The Balaban J connectivity index is 1.62. The molecular formula is C16H23N3O2. The summed E-state index contributed by atoms with van der Waals surface area (Å²) in [5.74, 6) is 0.00388. The third kappa shape index (κ3) is 3.10. The normalized spacial score (nSPS) is 28.6. The number of nitrogens with zero attached hydrogens (tertiary/aromatic N) is 1. The predicted molar refractivity (Wildman–Crippen MR) is 81.7 cm³/mol. The summed E-state index contributed by atoms with van der Waals surface area (Å²) in [5.41, 5.74) is 7.44. The second-order valence-corrected chi connectivity index (χ2v) is 6.09. The Hall–Kier alpha value is -1.43. The molecule has 0 aromatic heterocycles. The van der Waals surface area contributed by atoms with Crippen LogP contribution in [-0.4, -0.2) is 40.6 Å². The molecule has 2 saturated heterocycles. The van der Waals surface area contributed by atoms with E-state index in [2.05, 4.69) is 10.2 Å². The van der Waals surface area contributed by atoms with Gasteiger partial charge in [-0.25, -0.2) is 0 Å². The smallest absolute Gasteiger partial charge is 0.238 e. The van der Waals surface area contributed by atoms with E-state index < -0.39 is 0 Å². The highest BCUT2D eigenvalue weighted by atomic mass is 16.3. The molecule has 0 radical (unpaired) electrons. The zero-order valence-corrected chi connectivity index (χ0v) is 12.2. The molecule has 114 valence electrons. The summed E-state index contributed by atoms with van der Waals surface area (Å²) in [7, 11) is 0. The van der Waals surface area contributed by atoms with E-state index in [4.69, 9.17) is 5.73 Å². The molecule has 2 heterocycles. The zero-order chi connectivity index (χ0) is 14.8. The van der Waals surface area contributed by atoms with E-state index in [1.54, 1.807) is 0 Å². The summed E-state index contributed by atoms with van der Waals surface area (Å²) in [6.45, 7) is 0.818. The maximum Gasteiger partial charge on any atom is 0.238 e. The van der Waals surface area contributed by atoms with Crippen molar-refractivity contribution in [3.8, 4) is 0 Å². The van der Waals surface area contributed by atoms with Gasteiger partial charge in [0.15, 0.2) is 0 Å². The van der Waals surface area contributed by atoms with Gasteiger partial charge in [-0.2, -0.15) is 0 Å². The van der Waals surface area contributed by atoms with Crippen molar-refractivity contribution in [3.63, 3.8) is 0 Å². The highest BCUT2D eigenvalue weighted by Crippen LogP contribution is 2.35. The van der Waals surface area contributed by atoms with Gasteiger partial charge in [-0.1, -0.05) is 18.2 Å². The van der Waals surface area contributed by atoms with Crippen LogP contribution in [0.25, 0.3) is 0 Å². The summed E-state index contributed by atoms with van der Waals surface area (Å²) < 4.78 is 0. The van der Waals surface area contributed by atoms with Crippen molar-refractivity contribution in [2.75, 3.05) is 11.9 Å². The molecule has 3 rings (SSSR count). The standard InChI is InChI=1S/C16H23N3O2/c17-9-11-3-1-2-4-15(11)18-16(21)10-19-12-5-6-13(19)8-14(20)7-12/h1-4,12-14,20H,5-10,17H2,(H,18,21). The van der Waals surface area contributed by atoms with E-state index in [9.17, 15) is 9.90 Å². The van der Waals surface area contributed by atoms with Crippen LogP contribution in [0.5, 0.6) is 0 Å². The summed E-state index contributed by atoms with van der Waals surface area (Å²) >= 11 is 0. The monoisotopic (exact) mass is 289 g/mol. The van der Waals surface area contributed by atoms with Crippen LogP contribution in [0.1, 0.15) is 31.2 Å². The van der Waals surface area contributed by atoms with Gasteiger partial charge >= 0.3 is 0 Å². The van der Waals surface area contributed by atoms with Crippen molar-refractivity contribution in [1.82, 2.24) is 4.90 Å². The second kappa shape index (κ2) is 6.13. The zero-order valence-electron chi connectivity index (χ0n) is 12.2. The first-order valence-electron chi connectivity index (χ1n) is 7.69. The Labute approximate surface area is 125 Å². The SMILES string of the molecule is NCc1ccccc1NC(=O)CN1C2CCC1CC(O)C2. The molecule has 2 aliphatic heterocycles. The van der Waals surface area contributed by atoms with Crippen LogP contribution in [-0.2, 0) is 11.3 Å². The Morgan fingerprint density at radius 3 is 2.62 bits per heavy atom. The molecule has 2 aliphatic rings. The maximum absolute atomic E-state index is 12.3. The molecule has 1 aromatic carbocycles. The molecule has 5 nitrogen and oxygen atoms in total. The number of nitrogens with two attached hydrogens (primary N) is 1. The number of carbonyl (C=O) groups is 1. The summed E-state index contributed by atoms with van der Waals surface area (Å²) in [6.07, 6.45) is 3.58. The van der Waals surface area contributed by atoms with Gasteiger partial charge in [0, 0.05) is 24.3 Å². The number of piperidine rings is 1. The van der Waals surface area contributed by atoms with Gasteiger partial charge in [0.25, 0.3) is 0 Å². The number of benzene rings is 1. The van der Waals surface area contributed by atoms with E-state index in [1.165, 1.54) is 0 Å². The van der Waals surface area contributed by atoms with E-state index in [-0.39, 0.29) is 12.0 Å². The Bertz CT molecular complexity index is 506. The van der Waals surface area contributed by atoms with Crippen molar-refractivity contribution in [2.45, 2.75) is 50.4 Å². The van der Waals surface area contributed by atoms with Crippen LogP contribution in [0.15, 0.2) is 24.3 Å². The first kappa shape index (κ1) is 14.5. The Morgan fingerprint density at radius 2 is 1.95 bits per heavy atom. The molecule has 2 fully saturated rings. The lowest BCUT2D eigenvalue weighted by molar-refractivity contribution is -0.119. The van der Waals surface area contributed by atoms with Gasteiger partial charge in [-0.3, -0.25) is 9.69 Å². The molecule has 2 unspecified atom stereocenters. The number of fused-ring (bicyclic) bond motifs is 2. The van der Waals surface area contributed by atoms with Crippen molar-refractivity contribution in [1.29, 1.82) is 0 Å². The minimum Gasteiger partial charge on any atom is -0.393 e. The predicted octanol–water partition coefficient (Wildman–Crippen LogP) is 1.07. The van der Waals surface area contributed by atoms with E-state index >= 15 is 0 Å². The molecule has 0 aliphatic carbocycles. The topological polar surface area (TPSA) is 78.6 Å². The van der Waals surface area contributed by atoms with Crippen molar-refractivity contribution in [3.05, 3.63) is 29.8 Å². The van der Waals surface area contributed by atoms with Gasteiger partial charge in [-0.15, -0.1) is 0 Å².